The van der Waals surface area contributed by atoms with Crippen molar-refractivity contribution in [1.82, 2.24) is 15.3 Å². The third-order valence-corrected chi connectivity index (χ3v) is 5.09. The zero-order valence-corrected chi connectivity index (χ0v) is 15.7. The van der Waals surface area contributed by atoms with E-state index in [1.807, 2.05) is 41.8 Å². The first kappa shape index (κ1) is 17.8. The summed E-state index contributed by atoms with van der Waals surface area (Å²) < 4.78 is 12.1. The van der Waals surface area contributed by atoms with Crippen LogP contribution < -0.4 is 20.1 Å². The topological polar surface area (TPSA) is 68.3 Å². The summed E-state index contributed by atoms with van der Waals surface area (Å²) in [4.78, 5) is 8.77. The number of nitrogens with zero attached hydrogens (tertiary/aromatic N) is 2. The first-order chi connectivity index (χ1) is 13.4. The molecule has 2 aromatic heterocycles. The highest BCUT2D eigenvalue weighted by atomic mass is 32.1. The molecule has 1 aliphatic rings. The number of anilines is 2. The smallest absolute Gasteiger partial charge is 0.188 e. The van der Waals surface area contributed by atoms with Gasteiger partial charge in [0.2, 0.25) is 0 Å². The summed E-state index contributed by atoms with van der Waals surface area (Å²) in [5.41, 5.74) is 0. The number of benzene rings is 1. The molecule has 0 atom stereocenters. The molecule has 1 fully saturated rings. The molecule has 4 rings (SSSR count). The minimum Gasteiger partial charge on any atom is -0.489 e. The van der Waals surface area contributed by atoms with Crippen molar-refractivity contribution in [3.8, 4) is 17.2 Å². The highest BCUT2D eigenvalue weighted by Gasteiger charge is 2.16. The highest BCUT2D eigenvalue weighted by Crippen LogP contribution is 2.32. The lowest BCUT2D eigenvalue weighted by Gasteiger charge is -2.23. The van der Waals surface area contributed by atoms with Gasteiger partial charge in [-0.25, -0.2) is 9.97 Å². The molecule has 6 nitrogen and oxygen atoms in total. The van der Waals surface area contributed by atoms with Crippen molar-refractivity contribution in [2.45, 2.75) is 12.8 Å². The lowest BCUT2D eigenvalue weighted by Crippen LogP contribution is -2.30. The molecule has 1 aliphatic heterocycles. The number of pyridine rings is 1. The van der Waals surface area contributed by atoms with E-state index in [1.54, 1.807) is 12.4 Å². The van der Waals surface area contributed by atoms with Gasteiger partial charge in [-0.3, -0.25) is 0 Å². The summed E-state index contributed by atoms with van der Waals surface area (Å²) in [6.45, 7) is 2.77. The molecule has 0 amide bonds. The van der Waals surface area contributed by atoms with Gasteiger partial charge in [-0.2, -0.15) is 0 Å². The van der Waals surface area contributed by atoms with Crippen LogP contribution in [0.15, 0.2) is 54.2 Å². The van der Waals surface area contributed by atoms with Crippen molar-refractivity contribution >= 4 is 22.3 Å². The van der Waals surface area contributed by atoms with Gasteiger partial charge in [0.1, 0.15) is 11.5 Å². The summed E-state index contributed by atoms with van der Waals surface area (Å²) >= 11 is 1.52. The van der Waals surface area contributed by atoms with E-state index >= 15 is 0 Å². The Kier molecular flexibility index (Phi) is 5.81. The minimum atomic E-state index is 0.553. The fraction of sp³-hybridized carbons (Fsp3) is 0.300. The van der Waals surface area contributed by atoms with E-state index < -0.39 is 0 Å². The van der Waals surface area contributed by atoms with Crippen molar-refractivity contribution in [3.05, 3.63) is 54.2 Å². The molecule has 1 aromatic carbocycles. The van der Waals surface area contributed by atoms with Crippen molar-refractivity contribution in [2.24, 2.45) is 5.92 Å². The quantitative estimate of drug-likeness (QED) is 0.629. The Balaban J connectivity index is 1.52. The minimum absolute atomic E-state index is 0.553. The van der Waals surface area contributed by atoms with E-state index in [2.05, 4.69) is 20.6 Å². The van der Waals surface area contributed by atoms with Gasteiger partial charge in [-0.1, -0.05) is 18.2 Å². The van der Waals surface area contributed by atoms with Gasteiger partial charge < -0.3 is 20.1 Å². The normalized spacial score (nSPS) is 14.7. The molecule has 1 saturated heterocycles. The van der Waals surface area contributed by atoms with Gasteiger partial charge in [0.25, 0.3) is 0 Å². The van der Waals surface area contributed by atoms with Crippen LogP contribution in [-0.2, 0) is 0 Å². The Labute approximate surface area is 162 Å². The van der Waals surface area contributed by atoms with Gasteiger partial charge in [0, 0.05) is 17.6 Å². The Morgan fingerprint density at radius 2 is 1.96 bits per heavy atom. The molecule has 0 unspecified atom stereocenters. The second-order valence-electron chi connectivity index (χ2n) is 6.40. The van der Waals surface area contributed by atoms with E-state index in [1.165, 1.54) is 11.3 Å². The molecule has 0 aliphatic carbocycles. The zero-order chi connectivity index (χ0) is 18.3. The maximum absolute atomic E-state index is 6.15. The number of hydrogen-bond donors (Lipinski definition) is 2. The zero-order valence-electron chi connectivity index (χ0n) is 14.9. The molecular weight excluding hydrogens is 360 g/mol. The van der Waals surface area contributed by atoms with Crippen LogP contribution in [0.3, 0.4) is 0 Å². The fourth-order valence-electron chi connectivity index (χ4n) is 2.95. The molecule has 140 valence electrons. The second-order valence-corrected chi connectivity index (χ2v) is 7.29. The fourth-order valence-corrected chi connectivity index (χ4v) is 3.48. The SMILES string of the molecule is c1ccc(Oc2cnc(Nc3nccs3)c(OCC3CCNCC3)c2)cc1. The average molecular weight is 382 g/mol. The first-order valence-electron chi connectivity index (χ1n) is 9.10. The predicted molar refractivity (Wildman–Crippen MR) is 107 cm³/mol. The number of rotatable bonds is 7. The third kappa shape index (κ3) is 4.96. The van der Waals surface area contributed by atoms with Gasteiger partial charge in [-0.05, 0) is 44.0 Å². The Morgan fingerprint density at radius 3 is 2.74 bits per heavy atom. The first-order valence-corrected chi connectivity index (χ1v) is 9.98. The van der Waals surface area contributed by atoms with Gasteiger partial charge in [0.15, 0.2) is 16.7 Å². The number of thiazole rings is 1. The molecule has 0 bridgehead atoms. The van der Waals surface area contributed by atoms with E-state index in [4.69, 9.17) is 9.47 Å². The molecule has 3 aromatic rings. The average Bonchev–Trinajstić information content (AvgIpc) is 3.23. The predicted octanol–water partition coefficient (Wildman–Crippen LogP) is 4.45. The van der Waals surface area contributed by atoms with Gasteiger partial charge in [-0.15, -0.1) is 11.3 Å². The maximum Gasteiger partial charge on any atom is 0.188 e. The van der Waals surface area contributed by atoms with Crippen molar-refractivity contribution in [1.29, 1.82) is 0 Å². The summed E-state index contributed by atoms with van der Waals surface area (Å²) in [6.07, 6.45) is 5.71. The monoisotopic (exact) mass is 382 g/mol. The number of piperidine rings is 1. The van der Waals surface area contributed by atoms with Crippen LogP contribution in [0.1, 0.15) is 12.8 Å². The number of para-hydroxylation sites is 1. The van der Waals surface area contributed by atoms with Crippen LogP contribution in [0.5, 0.6) is 17.2 Å². The summed E-state index contributed by atoms with van der Waals surface area (Å²) in [7, 11) is 0. The largest absolute Gasteiger partial charge is 0.489 e. The maximum atomic E-state index is 6.15. The van der Waals surface area contributed by atoms with Crippen molar-refractivity contribution in [2.75, 3.05) is 25.0 Å². The molecular formula is C20H22N4O2S. The number of hydrogen-bond acceptors (Lipinski definition) is 7. The third-order valence-electron chi connectivity index (χ3n) is 4.40. The van der Waals surface area contributed by atoms with Crippen LogP contribution >= 0.6 is 11.3 Å². The molecule has 0 radical (unpaired) electrons. The molecule has 7 heteroatoms. The standard InChI is InChI=1S/C20H22N4O2S/c1-2-4-16(5-3-1)26-17-12-18(25-14-15-6-8-21-9-7-15)19(23-13-17)24-20-22-10-11-27-20/h1-5,10-13,15,21H,6-9,14H2,(H,22,23,24). The molecule has 0 saturated carbocycles. The van der Waals surface area contributed by atoms with Crippen LogP contribution in [0.4, 0.5) is 10.9 Å². The van der Waals surface area contributed by atoms with Gasteiger partial charge in [0.05, 0.1) is 12.8 Å². The molecule has 27 heavy (non-hydrogen) atoms. The van der Waals surface area contributed by atoms with E-state index in [-0.39, 0.29) is 0 Å². The number of ether oxygens (including phenoxy) is 2. The summed E-state index contributed by atoms with van der Waals surface area (Å²) in [6, 6.07) is 11.6. The van der Waals surface area contributed by atoms with Crippen LogP contribution in [-0.4, -0.2) is 29.7 Å². The van der Waals surface area contributed by atoms with E-state index in [9.17, 15) is 0 Å². The Bertz CT molecular complexity index is 836. The summed E-state index contributed by atoms with van der Waals surface area (Å²) in [5, 5.41) is 9.32. The van der Waals surface area contributed by atoms with Crippen LogP contribution in [0, 0.1) is 5.92 Å². The molecule has 3 heterocycles. The second kappa shape index (κ2) is 8.83. The van der Waals surface area contributed by atoms with E-state index in [0.29, 0.717) is 29.8 Å². The van der Waals surface area contributed by atoms with Crippen LogP contribution in [0.2, 0.25) is 0 Å². The summed E-state index contributed by atoms with van der Waals surface area (Å²) in [5.74, 6) is 3.30. The highest BCUT2D eigenvalue weighted by molar-refractivity contribution is 7.13. The van der Waals surface area contributed by atoms with Crippen molar-refractivity contribution in [3.63, 3.8) is 0 Å². The number of aromatic nitrogens is 2. The Hall–Kier alpha value is -2.64. The van der Waals surface area contributed by atoms with Gasteiger partial charge >= 0.3 is 0 Å². The molecule has 0 spiro atoms. The van der Waals surface area contributed by atoms with Crippen molar-refractivity contribution < 1.29 is 9.47 Å². The lowest BCUT2D eigenvalue weighted by molar-refractivity contribution is 0.215. The number of nitrogens with one attached hydrogen (secondary N) is 2. The Morgan fingerprint density at radius 1 is 1.11 bits per heavy atom. The van der Waals surface area contributed by atoms with E-state index in [0.717, 1.165) is 36.8 Å². The molecule has 2 N–H and O–H groups in total. The lowest BCUT2D eigenvalue weighted by atomic mass is 9.99. The van der Waals surface area contributed by atoms with Crippen LogP contribution in [0.25, 0.3) is 0 Å².